The summed E-state index contributed by atoms with van der Waals surface area (Å²) in [6.45, 7) is 0.385. The van der Waals surface area contributed by atoms with E-state index >= 15 is 0 Å². The van der Waals surface area contributed by atoms with E-state index < -0.39 is 0 Å². The second-order valence-corrected chi connectivity index (χ2v) is 3.63. The fraction of sp³-hybridized carbons (Fsp3) is 0.0833. The molecule has 0 aliphatic rings. The number of hydrogen-bond acceptors (Lipinski definition) is 3. The molecule has 0 radical (unpaired) electrons. The molecule has 0 atom stereocenters. The van der Waals surface area contributed by atoms with E-state index in [-0.39, 0.29) is 0 Å². The molecule has 0 fully saturated rings. The van der Waals surface area contributed by atoms with Gasteiger partial charge in [0.05, 0.1) is 11.2 Å². The first-order valence-corrected chi connectivity index (χ1v) is 5.24. The average molecular weight is 235 g/mol. The Hall–Kier alpha value is -1.58. The van der Waals surface area contributed by atoms with Gasteiger partial charge >= 0.3 is 0 Å². The summed E-state index contributed by atoms with van der Waals surface area (Å²) in [6.07, 6.45) is 3.31. The molecule has 0 spiro atoms. The molecule has 0 unspecified atom stereocenters. The van der Waals surface area contributed by atoms with Crippen molar-refractivity contribution < 1.29 is 4.74 Å². The molecule has 2 N–H and O–H groups in total. The van der Waals surface area contributed by atoms with Gasteiger partial charge in [-0.2, -0.15) is 0 Å². The molecular weight excluding hydrogens is 224 g/mol. The average Bonchev–Trinajstić information content (AvgIpc) is 2.33. The maximum Gasteiger partial charge on any atom is 0.150 e. The first kappa shape index (κ1) is 10.9. The highest BCUT2D eigenvalue weighted by Gasteiger charge is 2.08. The Morgan fingerprint density at radius 2 is 2.12 bits per heavy atom. The third-order valence-corrected chi connectivity index (χ3v) is 2.42. The zero-order chi connectivity index (χ0) is 11.4. The van der Waals surface area contributed by atoms with Gasteiger partial charge in [-0.25, -0.2) is 0 Å². The Labute approximate surface area is 98.8 Å². The molecule has 0 saturated heterocycles. The molecule has 4 heteroatoms. The Kier molecular flexibility index (Phi) is 3.39. The summed E-state index contributed by atoms with van der Waals surface area (Å²) in [4.78, 5) is 3.97. The van der Waals surface area contributed by atoms with Crippen molar-refractivity contribution in [3.63, 3.8) is 0 Å². The molecule has 1 aromatic carbocycles. The molecule has 82 valence electrons. The lowest BCUT2D eigenvalue weighted by molar-refractivity contribution is 0.474. The van der Waals surface area contributed by atoms with E-state index in [1.807, 2.05) is 18.2 Å². The van der Waals surface area contributed by atoms with Crippen LogP contribution in [-0.2, 0) is 6.54 Å². The minimum Gasteiger partial charge on any atom is -0.454 e. The van der Waals surface area contributed by atoms with Crippen LogP contribution in [0.1, 0.15) is 5.56 Å². The summed E-state index contributed by atoms with van der Waals surface area (Å²) in [5.74, 6) is 1.24. The van der Waals surface area contributed by atoms with Crippen molar-refractivity contribution in [1.29, 1.82) is 0 Å². The molecular formula is C12H11ClN2O. The first-order chi connectivity index (χ1) is 7.81. The second-order valence-electron chi connectivity index (χ2n) is 3.22. The SMILES string of the molecule is NCc1cccc(Cl)c1Oc1cccnc1. The van der Waals surface area contributed by atoms with E-state index in [4.69, 9.17) is 22.1 Å². The molecule has 3 nitrogen and oxygen atoms in total. The largest absolute Gasteiger partial charge is 0.454 e. The lowest BCUT2D eigenvalue weighted by atomic mass is 10.2. The van der Waals surface area contributed by atoms with Crippen molar-refractivity contribution in [3.8, 4) is 11.5 Å². The number of benzene rings is 1. The minimum absolute atomic E-state index is 0.385. The quantitative estimate of drug-likeness (QED) is 0.888. The number of nitrogens with zero attached hydrogens (tertiary/aromatic N) is 1. The van der Waals surface area contributed by atoms with Gasteiger partial charge in [0.15, 0.2) is 5.75 Å². The zero-order valence-electron chi connectivity index (χ0n) is 8.56. The number of nitrogens with two attached hydrogens (primary N) is 1. The van der Waals surface area contributed by atoms with Crippen LogP contribution in [-0.4, -0.2) is 4.98 Å². The molecule has 1 aromatic heterocycles. The minimum atomic E-state index is 0.385. The van der Waals surface area contributed by atoms with Crippen LogP contribution < -0.4 is 10.5 Å². The van der Waals surface area contributed by atoms with E-state index in [1.165, 1.54) is 0 Å². The fourth-order valence-electron chi connectivity index (χ4n) is 1.35. The van der Waals surface area contributed by atoms with Crippen LogP contribution >= 0.6 is 11.6 Å². The topological polar surface area (TPSA) is 48.1 Å². The van der Waals surface area contributed by atoms with E-state index in [0.29, 0.717) is 23.1 Å². The lowest BCUT2D eigenvalue weighted by Gasteiger charge is -2.10. The number of para-hydroxylation sites is 1. The molecule has 2 aromatic rings. The van der Waals surface area contributed by atoms with Gasteiger partial charge in [-0.1, -0.05) is 23.7 Å². The highest BCUT2D eigenvalue weighted by molar-refractivity contribution is 6.32. The van der Waals surface area contributed by atoms with Gasteiger partial charge in [0.1, 0.15) is 5.75 Å². The third-order valence-electron chi connectivity index (χ3n) is 2.12. The summed E-state index contributed by atoms with van der Waals surface area (Å²) >= 11 is 6.06. The molecule has 0 bridgehead atoms. The van der Waals surface area contributed by atoms with Crippen molar-refractivity contribution in [1.82, 2.24) is 4.98 Å². The second kappa shape index (κ2) is 4.96. The maximum absolute atomic E-state index is 6.06. The third kappa shape index (κ3) is 2.32. The van der Waals surface area contributed by atoms with Crippen LogP contribution in [0.2, 0.25) is 5.02 Å². The summed E-state index contributed by atoms with van der Waals surface area (Å²) in [5.41, 5.74) is 6.49. The van der Waals surface area contributed by atoms with E-state index in [1.54, 1.807) is 24.5 Å². The van der Waals surface area contributed by atoms with Gasteiger partial charge in [0, 0.05) is 18.3 Å². The van der Waals surface area contributed by atoms with Crippen LogP contribution in [0.25, 0.3) is 0 Å². The predicted molar refractivity (Wildman–Crippen MR) is 63.7 cm³/mol. The maximum atomic E-state index is 6.06. The monoisotopic (exact) mass is 234 g/mol. The summed E-state index contributed by atoms with van der Waals surface area (Å²) in [5, 5.41) is 0.548. The Balaban J connectivity index is 2.34. The Morgan fingerprint density at radius 1 is 1.25 bits per heavy atom. The van der Waals surface area contributed by atoms with Crippen LogP contribution in [0.3, 0.4) is 0 Å². The number of rotatable bonds is 3. The number of halogens is 1. The Bertz CT molecular complexity index is 474. The van der Waals surface area contributed by atoms with Gasteiger partial charge in [-0.3, -0.25) is 4.98 Å². The molecule has 0 saturated carbocycles. The molecule has 1 heterocycles. The molecule has 0 aliphatic heterocycles. The summed E-state index contributed by atoms with van der Waals surface area (Å²) < 4.78 is 5.66. The molecule has 0 amide bonds. The van der Waals surface area contributed by atoms with E-state index in [0.717, 1.165) is 5.56 Å². The number of ether oxygens (including phenoxy) is 1. The van der Waals surface area contributed by atoms with Crippen LogP contribution in [0.15, 0.2) is 42.7 Å². The molecule has 16 heavy (non-hydrogen) atoms. The van der Waals surface area contributed by atoms with Crippen LogP contribution in [0.4, 0.5) is 0 Å². The highest BCUT2D eigenvalue weighted by Crippen LogP contribution is 2.32. The highest BCUT2D eigenvalue weighted by atomic mass is 35.5. The van der Waals surface area contributed by atoms with Crippen molar-refractivity contribution >= 4 is 11.6 Å². The Morgan fingerprint density at radius 3 is 2.81 bits per heavy atom. The van der Waals surface area contributed by atoms with Crippen LogP contribution in [0.5, 0.6) is 11.5 Å². The predicted octanol–water partition coefficient (Wildman–Crippen LogP) is 2.99. The smallest absolute Gasteiger partial charge is 0.150 e. The lowest BCUT2D eigenvalue weighted by Crippen LogP contribution is -1.99. The zero-order valence-corrected chi connectivity index (χ0v) is 9.32. The van der Waals surface area contributed by atoms with Crippen molar-refractivity contribution in [2.24, 2.45) is 5.73 Å². The van der Waals surface area contributed by atoms with E-state index in [2.05, 4.69) is 4.98 Å². The van der Waals surface area contributed by atoms with Gasteiger partial charge in [0.2, 0.25) is 0 Å². The summed E-state index contributed by atoms with van der Waals surface area (Å²) in [7, 11) is 0. The standard InChI is InChI=1S/C12H11ClN2O/c13-11-5-1-3-9(7-14)12(11)16-10-4-2-6-15-8-10/h1-6,8H,7,14H2. The first-order valence-electron chi connectivity index (χ1n) is 4.86. The number of hydrogen-bond donors (Lipinski definition) is 1. The van der Waals surface area contributed by atoms with Crippen molar-refractivity contribution in [3.05, 3.63) is 53.3 Å². The molecule has 0 aliphatic carbocycles. The number of pyridine rings is 1. The van der Waals surface area contributed by atoms with Crippen LogP contribution in [0, 0.1) is 0 Å². The number of aromatic nitrogens is 1. The fourth-order valence-corrected chi connectivity index (χ4v) is 1.59. The summed E-state index contributed by atoms with van der Waals surface area (Å²) in [6, 6.07) is 9.12. The normalized spacial score (nSPS) is 10.1. The van der Waals surface area contributed by atoms with Crippen molar-refractivity contribution in [2.75, 3.05) is 0 Å². The van der Waals surface area contributed by atoms with E-state index in [9.17, 15) is 0 Å². The van der Waals surface area contributed by atoms with Gasteiger partial charge in [-0.05, 0) is 18.2 Å². The van der Waals surface area contributed by atoms with Gasteiger partial charge in [0.25, 0.3) is 0 Å². The van der Waals surface area contributed by atoms with Crippen molar-refractivity contribution in [2.45, 2.75) is 6.54 Å². The van der Waals surface area contributed by atoms with Gasteiger partial charge in [-0.15, -0.1) is 0 Å². The van der Waals surface area contributed by atoms with Gasteiger partial charge < -0.3 is 10.5 Å². The molecule has 2 rings (SSSR count).